The lowest BCUT2D eigenvalue weighted by atomic mass is 9.89. The summed E-state index contributed by atoms with van der Waals surface area (Å²) >= 11 is 5.76. The van der Waals surface area contributed by atoms with Crippen LogP contribution in [0.1, 0.15) is 0 Å². The summed E-state index contributed by atoms with van der Waals surface area (Å²) in [6, 6.07) is -1.52. The molecule has 0 aromatic carbocycles. The molecule has 0 aromatic rings. The molecule has 1 heterocycles. The van der Waals surface area contributed by atoms with Gasteiger partial charge in [-0.1, -0.05) is 31.9 Å². The molecule has 0 spiro atoms. The van der Waals surface area contributed by atoms with Crippen LogP contribution in [0, 0.1) is 0 Å². The zero-order chi connectivity index (χ0) is 13.4. The zero-order valence-corrected chi connectivity index (χ0v) is 11.7. The summed E-state index contributed by atoms with van der Waals surface area (Å²) in [6.07, 6.45) is -4.36. The van der Waals surface area contributed by atoms with E-state index in [2.05, 4.69) is 31.9 Å². The highest BCUT2D eigenvalue weighted by Crippen LogP contribution is 2.31. The Hall–Kier alpha value is 0.390. The second kappa shape index (κ2) is 5.57. The van der Waals surface area contributed by atoms with Crippen LogP contribution in [0.4, 0.5) is 0 Å². The zero-order valence-electron chi connectivity index (χ0n) is 8.53. The highest BCUT2D eigenvalue weighted by atomic mass is 79.9. The predicted molar refractivity (Wildman–Crippen MR) is 63.5 cm³/mol. The molecule has 0 bridgehead atoms. The largest absolute Gasteiger partial charge is 0.394 e. The number of nitrogens with two attached hydrogens (primary N) is 1. The fourth-order valence-corrected chi connectivity index (χ4v) is 2.22. The van der Waals surface area contributed by atoms with Gasteiger partial charge in [0.15, 0.2) is 0 Å². The van der Waals surface area contributed by atoms with Crippen molar-refractivity contribution in [3.63, 3.8) is 0 Å². The monoisotopic (exact) mass is 377 g/mol. The van der Waals surface area contributed by atoms with Gasteiger partial charge in [0.25, 0.3) is 0 Å². The number of ether oxygens (including phenoxy) is 1. The number of Topliss-reactive ketones (excluding diaryl/α,β-unsaturated/α-hetero) is 1. The molecule has 0 aromatic heterocycles. The van der Waals surface area contributed by atoms with Gasteiger partial charge in [0.05, 0.1) is 12.6 Å². The average molecular weight is 379 g/mol. The summed E-state index contributed by atoms with van der Waals surface area (Å²) in [5, 5.41) is 38.1. The van der Waals surface area contributed by atoms with E-state index in [1.807, 2.05) is 0 Å². The maximum absolute atomic E-state index is 11.7. The van der Waals surface area contributed by atoms with Crippen molar-refractivity contribution < 1.29 is 30.0 Å². The topological polar surface area (TPSA) is 133 Å². The van der Waals surface area contributed by atoms with Crippen LogP contribution < -0.4 is 5.73 Å². The summed E-state index contributed by atoms with van der Waals surface area (Å²) in [7, 11) is 0. The molecule has 7 nitrogen and oxygen atoms in total. The molecule has 0 radical (unpaired) electrons. The standard InChI is InChI=1S/C8H13Br2NO6/c9-7(10)6(15)8(16)5(11)4(14)3(13)2(1-12)17-8/h2-5,7,12-14,16H,1,11H2/t2-,3-,4+,5-,8?/m1/s1. The van der Waals surface area contributed by atoms with E-state index in [0.717, 1.165) is 0 Å². The first-order valence-corrected chi connectivity index (χ1v) is 6.54. The van der Waals surface area contributed by atoms with Crippen LogP contribution in [0.2, 0.25) is 0 Å². The van der Waals surface area contributed by atoms with Crippen LogP contribution >= 0.6 is 31.9 Å². The lowest BCUT2D eigenvalue weighted by Crippen LogP contribution is -2.71. The Morgan fingerprint density at radius 3 is 2.35 bits per heavy atom. The summed E-state index contributed by atoms with van der Waals surface area (Å²) < 4.78 is 3.96. The molecule has 0 aliphatic carbocycles. The number of carbonyl (C=O) groups is 1. The number of rotatable bonds is 3. The summed E-state index contributed by atoms with van der Waals surface area (Å²) in [4.78, 5) is 11.7. The lowest BCUT2D eigenvalue weighted by molar-refractivity contribution is -0.296. The van der Waals surface area contributed by atoms with Crippen molar-refractivity contribution in [1.29, 1.82) is 0 Å². The third kappa shape index (κ3) is 2.71. The average Bonchev–Trinajstić information content (AvgIpc) is 2.30. The molecule has 100 valence electrons. The molecule has 0 saturated carbocycles. The van der Waals surface area contributed by atoms with Gasteiger partial charge < -0.3 is 30.9 Å². The van der Waals surface area contributed by atoms with Gasteiger partial charge in [-0.05, 0) is 0 Å². The van der Waals surface area contributed by atoms with Crippen molar-refractivity contribution in [3.8, 4) is 0 Å². The molecule has 1 unspecified atom stereocenters. The lowest BCUT2D eigenvalue weighted by Gasteiger charge is -2.45. The van der Waals surface area contributed by atoms with Crippen LogP contribution in [0.5, 0.6) is 0 Å². The van der Waals surface area contributed by atoms with E-state index in [1.165, 1.54) is 0 Å². The third-order valence-electron chi connectivity index (χ3n) is 2.61. The maximum Gasteiger partial charge on any atom is 0.247 e. The first-order chi connectivity index (χ1) is 7.75. The van der Waals surface area contributed by atoms with E-state index in [4.69, 9.17) is 15.6 Å². The van der Waals surface area contributed by atoms with Crippen LogP contribution in [0.3, 0.4) is 0 Å². The minimum Gasteiger partial charge on any atom is -0.394 e. The van der Waals surface area contributed by atoms with E-state index >= 15 is 0 Å². The van der Waals surface area contributed by atoms with Gasteiger partial charge in [-0.2, -0.15) is 0 Å². The molecule has 1 saturated heterocycles. The smallest absolute Gasteiger partial charge is 0.247 e. The predicted octanol–water partition coefficient (Wildman–Crippen LogP) is -2.20. The van der Waals surface area contributed by atoms with Crippen LogP contribution in [0.15, 0.2) is 0 Å². The highest BCUT2D eigenvalue weighted by Gasteiger charge is 2.56. The molecule has 0 amide bonds. The Labute approximate surface area is 114 Å². The fourth-order valence-electron chi connectivity index (χ4n) is 1.57. The van der Waals surface area contributed by atoms with Crippen molar-refractivity contribution in [2.45, 2.75) is 33.9 Å². The Morgan fingerprint density at radius 2 is 1.94 bits per heavy atom. The molecule has 6 N–H and O–H groups in total. The summed E-state index contributed by atoms with van der Waals surface area (Å²) in [6.45, 7) is -0.671. The van der Waals surface area contributed by atoms with Crippen molar-refractivity contribution in [1.82, 2.24) is 0 Å². The molecule has 5 atom stereocenters. The number of aliphatic hydroxyl groups is 4. The molecule has 17 heavy (non-hydrogen) atoms. The van der Waals surface area contributed by atoms with E-state index < -0.39 is 46.3 Å². The molecule has 1 aliphatic heterocycles. The van der Waals surface area contributed by atoms with Crippen molar-refractivity contribution in [2.24, 2.45) is 5.73 Å². The minimum atomic E-state index is -2.48. The Bertz CT molecular complexity index is 302. The third-order valence-corrected chi connectivity index (χ3v) is 3.44. The van der Waals surface area contributed by atoms with Crippen LogP contribution in [0.25, 0.3) is 0 Å². The van der Waals surface area contributed by atoms with E-state index in [0.29, 0.717) is 0 Å². The first kappa shape index (κ1) is 15.4. The van der Waals surface area contributed by atoms with Crippen molar-refractivity contribution in [3.05, 3.63) is 0 Å². The number of hydrogen-bond donors (Lipinski definition) is 5. The van der Waals surface area contributed by atoms with Crippen LogP contribution in [-0.2, 0) is 9.53 Å². The number of aliphatic hydroxyl groups excluding tert-OH is 3. The first-order valence-electron chi connectivity index (χ1n) is 4.71. The highest BCUT2D eigenvalue weighted by molar-refractivity contribution is 9.25. The molecular weight excluding hydrogens is 366 g/mol. The van der Waals surface area contributed by atoms with E-state index in [-0.39, 0.29) is 0 Å². The van der Waals surface area contributed by atoms with Crippen LogP contribution in [-0.4, -0.2) is 66.7 Å². The second-order valence-corrected chi connectivity index (χ2v) is 6.77. The molecule has 1 rings (SSSR count). The van der Waals surface area contributed by atoms with Gasteiger partial charge >= 0.3 is 0 Å². The fraction of sp³-hybridized carbons (Fsp3) is 0.875. The number of carbonyl (C=O) groups excluding carboxylic acids is 1. The molecule has 9 heteroatoms. The van der Waals surface area contributed by atoms with E-state index in [1.54, 1.807) is 0 Å². The van der Waals surface area contributed by atoms with Gasteiger partial charge in [-0.25, -0.2) is 0 Å². The van der Waals surface area contributed by atoms with Gasteiger partial charge in [-0.15, -0.1) is 0 Å². The van der Waals surface area contributed by atoms with Gasteiger partial charge in [0.2, 0.25) is 11.6 Å². The number of hydrogen-bond acceptors (Lipinski definition) is 7. The van der Waals surface area contributed by atoms with E-state index in [9.17, 15) is 20.1 Å². The van der Waals surface area contributed by atoms with Gasteiger partial charge in [0.1, 0.15) is 22.0 Å². The van der Waals surface area contributed by atoms with Crippen molar-refractivity contribution >= 4 is 37.6 Å². The number of halogens is 2. The molecule has 1 aliphatic rings. The number of alkyl halides is 2. The van der Waals surface area contributed by atoms with Gasteiger partial charge in [0, 0.05) is 0 Å². The number of ketones is 1. The SMILES string of the molecule is N[C@@H]1[C@@H](O)[C@H](O)[C@@H](CO)OC1(O)C(=O)C(Br)Br. The summed E-state index contributed by atoms with van der Waals surface area (Å²) in [5.74, 6) is -3.35. The quantitative estimate of drug-likeness (QED) is 0.352. The molecular formula is C8H13Br2NO6. The maximum atomic E-state index is 11.7. The summed E-state index contributed by atoms with van der Waals surface area (Å²) in [5.41, 5.74) is 5.47. The molecule has 1 fully saturated rings. The Morgan fingerprint density at radius 1 is 1.41 bits per heavy atom. The van der Waals surface area contributed by atoms with Crippen molar-refractivity contribution in [2.75, 3.05) is 6.61 Å². The normalized spacial score (nSPS) is 42.8. The Balaban J connectivity index is 3.03. The second-order valence-electron chi connectivity index (χ2n) is 3.71. The minimum absolute atomic E-state index is 0.671. The van der Waals surface area contributed by atoms with Gasteiger partial charge in [-0.3, -0.25) is 4.79 Å². The Kier molecular flexibility index (Phi) is 5.07.